The third-order valence-corrected chi connectivity index (χ3v) is 6.83. The maximum Gasteiger partial charge on any atom is 0.394 e. The van der Waals surface area contributed by atoms with Crippen molar-refractivity contribution >= 4 is 21.7 Å². The van der Waals surface area contributed by atoms with E-state index in [-0.39, 0.29) is 6.42 Å². The number of rotatable bonds is 2. The highest BCUT2D eigenvalue weighted by atomic mass is 19.4. The van der Waals surface area contributed by atoms with E-state index in [1.54, 1.807) is 6.07 Å². The summed E-state index contributed by atoms with van der Waals surface area (Å²) in [4.78, 5) is 0. The Morgan fingerprint density at radius 2 is 1.66 bits per heavy atom. The predicted octanol–water partition coefficient (Wildman–Crippen LogP) is 7.34. The van der Waals surface area contributed by atoms with Gasteiger partial charge in [0.25, 0.3) is 5.69 Å². The van der Waals surface area contributed by atoms with Crippen molar-refractivity contribution in [2.24, 2.45) is 12.5 Å². The van der Waals surface area contributed by atoms with Crippen molar-refractivity contribution in [3.63, 3.8) is 0 Å². The van der Waals surface area contributed by atoms with E-state index < -0.39 is 11.6 Å². The molecule has 5 rings (SSSR count). The molecule has 32 heavy (non-hydrogen) atoms. The number of hydrogen-bond acceptors (Lipinski definition) is 1. The summed E-state index contributed by atoms with van der Waals surface area (Å²) in [6.07, 6.45) is -4.33. The summed E-state index contributed by atoms with van der Waals surface area (Å²) in [5.74, 6) is 1.59. The Morgan fingerprint density at radius 3 is 2.38 bits per heavy atom. The third-order valence-electron chi connectivity index (χ3n) is 6.83. The first-order valence-electron chi connectivity index (χ1n) is 10.7. The van der Waals surface area contributed by atoms with Crippen LogP contribution in [-0.4, -0.2) is 6.18 Å². The van der Waals surface area contributed by atoms with Crippen molar-refractivity contribution in [3.8, 4) is 22.8 Å². The Morgan fingerprint density at radius 1 is 0.906 bits per heavy atom. The Balaban J connectivity index is 1.76. The molecule has 1 aromatic heterocycles. The van der Waals surface area contributed by atoms with Crippen molar-refractivity contribution in [1.29, 1.82) is 0 Å². The molecule has 5 heteroatoms. The van der Waals surface area contributed by atoms with Gasteiger partial charge in [-0.3, -0.25) is 0 Å². The summed E-state index contributed by atoms with van der Waals surface area (Å²) in [7, 11) is 1.96. The normalized spacial score (nSPS) is 13.4. The first kappa shape index (κ1) is 20.8. The molecular formula is C27H25F3NO+. The summed E-state index contributed by atoms with van der Waals surface area (Å²) in [5, 5.41) is 3.13. The molecule has 0 N–H and O–H groups in total. The molecule has 1 aliphatic rings. The monoisotopic (exact) mass is 436 g/mol. The zero-order valence-electron chi connectivity index (χ0n) is 18.8. The van der Waals surface area contributed by atoms with Crippen molar-refractivity contribution in [3.05, 3.63) is 65.2 Å². The topological polar surface area (TPSA) is 13.1 Å². The minimum Gasteiger partial charge on any atom is -0.450 e. The van der Waals surface area contributed by atoms with Crippen LogP contribution in [0.4, 0.5) is 13.2 Å². The highest BCUT2D eigenvalue weighted by Gasteiger charge is 2.47. The molecule has 0 fully saturated rings. The summed E-state index contributed by atoms with van der Waals surface area (Å²) in [6.45, 7) is 6.72. The standard InChI is InChI=1S/C27H25F3NO/c1-15-11-19-7-6-8-21-24(19)23(16(15)2)25-22(32-21)13-18-10-9-17(12-20(18)31(25)5)14-26(3,4)27(28,29)30/h6-13H,14H2,1-5H3/q+1. The van der Waals surface area contributed by atoms with Gasteiger partial charge in [-0.2, -0.15) is 17.7 Å². The lowest BCUT2D eigenvalue weighted by atomic mass is 9.84. The molecule has 2 nitrogen and oxygen atoms in total. The van der Waals surface area contributed by atoms with E-state index in [9.17, 15) is 13.2 Å². The van der Waals surface area contributed by atoms with Crippen LogP contribution in [0, 0.1) is 19.3 Å². The maximum absolute atomic E-state index is 13.5. The molecule has 0 atom stereocenters. The molecule has 1 aliphatic heterocycles. The molecule has 0 aliphatic carbocycles. The first-order chi connectivity index (χ1) is 15.0. The zero-order valence-corrected chi connectivity index (χ0v) is 18.8. The minimum absolute atomic E-state index is 0.0728. The number of aromatic nitrogens is 1. The molecular weight excluding hydrogens is 411 g/mol. The highest BCUT2D eigenvalue weighted by Crippen LogP contribution is 2.48. The van der Waals surface area contributed by atoms with Crippen LogP contribution in [0.3, 0.4) is 0 Å². The second-order valence-electron chi connectivity index (χ2n) is 9.52. The second kappa shape index (κ2) is 6.71. The fourth-order valence-electron chi connectivity index (χ4n) is 4.75. The number of halogens is 3. The largest absolute Gasteiger partial charge is 0.450 e. The van der Waals surface area contributed by atoms with Crippen LogP contribution in [0.15, 0.2) is 48.5 Å². The lowest BCUT2D eigenvalue weighted by molar-refractivity contribution is -0.633. The van der Waals surface area contributed by atoms with Crippen molar-refractivity contribution in [2.75, 3.05) is 0 Å². The molecule has 0 spiro atoms. The Labute approximate surface area is 185 Å². The average molecular weight is 436 g/mol. The smallest absolute Gasteiger partial charge is 0.394 e. The first-order valence-corrected chi connectivity index (χ1v) is 10.7. The molecule has 0 bridgehead atoms. The molecule has 4 aromatic rings. The zero-order chi connectivity index (χ0) is 23.0. The lowest BCUT2D eigenvalue weighted by Crippen LogP contribution is -2.35. The van der Waals surface area contributed by atoms with Gasteiger partial charge in [-0.1, -0.05) is 38.1 Å². The van der Waals surface area contributed by atoms with E-state index >= 15 is 0 Å². The van der Waals surface area contributed by atoms with E-state index in [0.29, 0.717) is 5.56 Å². The highest BCUT2D eigenvalue weighted by molar-refractivity contribution is 6.05. The molecule has 164 valence electrons. The van der Waals surface area contributed by atoms with Crippen LogP contribution < -0.4 is 9.30 Å². The van der Waals surface area contributed by atoms with Crippen LogP contribution in [0.1, 0.15) is 30.5 Å². The lowest BCUT2D eigenvalue weighted by Gasteiger charge is -2.27. The van der Waals surface area contributed by atoms with Gasteiger partial charge < -0.3 is 4.74 Å². The molecule has 3 aromatic carbocycles. The quantitative estimate of drug-likeness (QED) is 0.264. The summed E-state index contributed by atoms with van der Waals surface area (Å²) in [6, 6.07) is 15.8. The van der Waals surface area contributed by atoms with Crippen molar-refractivity contribution in [1.82, 2.24) is 0 Å². The molecule has 0 unspecified atom stereocenters. The molecule has 0 saturated heterocycles. The van der Waals surface area contributed by atoms with E-state index in [2.05, 4.69) is 30.5 Å². The van der Waals surface area contributed by atoms with Gasteiger partial charge >= 0.3 is 6.18 Å². The number of ether oxygens (including phenoxy) is 1. The fourth-order valence-corrected chi connectivity index (χ4v) is 4.75. The van der Waals surface area contributed by atoms with Gasteiger partial charge in [-0.25, -0.2) is 0 Å². The summed E-state index contributed by atoms with van der Waals surface area (Å²) < 4.78 is 48.8. The molecule has 0 saturated carbocycles. The van der Waals surface area contributed by atoms with Crippen LogP contribution in [-0.2, 0) is 13.5 Å². The van der Waals surface area contributed by atoms with Gasteiger partial charge in [0.2, 0.25) is 5.52 Å². The number of benzene rings is 3. The van der Waals surface area contributed by atoms with Crippen LogP contribution in [0.25, 0.3) is 32.9 Å². The predicted molar refractivity (Wildman–Crippen MR) is 121 cm³/mol. The Bertz CT molecular complexity index is 1420. The fraction of sp³-hybridized carbons (Fsp3) is 0.296. The van der Waals surface area contributed by atoms with E-state index in [0.717, 1.165) is 44.4 Å². The van der Waals surface area contributed by atoms with Gasteiger partial charge in [0.15, 0.2) is 5.75 Å². The molecule has 2 heterocycles. The third kappa shape index (κ3) is 2.98. The SMILES string of the molecule is Cc1cc2cccc3c2c(c1C)-c1c(cc2ccc(CC(C)(C)C(F)(F)F)cc2[n+]1C)O3. The Kier molecular flexibility index (Phi) is 4.36. The molecule has 0 radical (unpaired) electrons. The number of hydrogen-bond donors (Lipinski definition) is 0. The van der Waals surface area contributed by atoms with E-state index in [4.69, 9.17) is 4.74 Å². The van der Waals surface area contributed by atoms with Gasteiger partial charge in [0.1, 0.15) is 12.8 Å². The number of aryl methyl sites for hydroxylation is 2. The van der Waals surface area contributed by atoms with Crippen molar-refractivity contribution < 1.29 is 22.5 Å². The van der Waals surface area contributed by atoms with Crippen molar-refractivity contribution in [2.45, 2.75) is 40.3 Å². The summed E-state index contributed by atoms with van der Waals surface area (Å²) in [5.41, 5.74) is 4.21. The van der Waals surface area contributed by atoms with Crippen LogP contribution in [0.2, 0.25) is 0 Å². The van der Waals surface area contributed by atoms with Crippen LogP contribution in [0.5, 0.6) is 11.5 Å². The Hall–Kier alpha value is -3.08. The molecule has 0 amide bonds. The number of pyridine rings is 1. The maximum atomic E-state index is 13.5. The van der Waals surface area contributed by atoms with E-state index in [1.807, 2.05) is 37.4 Å². The van der Waals surface area contributed by atoms with Gasteiger partial charge in [0.05, 0.1) is 16.4 Å². The van der Waals surface area contributed by atoms with Crippen LogP contribution >= 0.6 is 0 Å². The second-order valence-corrected chi connectivity index (χ2v) is 9.52. The van der Waals surface area contributed by atoms with Gasteiger partial charge in [0, 0.05) is 17.5 Å². The van der Waals surface area contributed by atoms with Gasteiger partial charge in [-0.05, 0) is 54.5 Å². The number of fused-ring (bicyclic) bond motifs is 3. The van der Waals surface area contributed by atoms with E-state index in [1.165, 1.54) is 25.0 Å². The number of alkyl halides is 3. The minimum atomic E-state index is -4.26. The summed E-state index contributed by atoms with van der Waals surface area (Å²) >= 11 is 0. The van der Waals surface area contributed by atoms with Gasteiger partial charge in [-0.15, -0.1) is 0 Å². The average Bonchev–Trinajstić information content (AvgIpc) is 2.70. The number of nitrogens with zero attached hydrogens (tertiary/aromatic N) is 1.